The number of carboxylic acid groups (broad SMARTS) is 1. The molecule has 1 heterocycles. The number of hydrogen-bond acceptors (Lipinski definition) is 6. The summed E-state index contributed by atoms with van der Waals surface area (Å²) < 4.78 is 99.1. The summed E-state index contributed by atoms with van der Waals surface area (Å²) in [5.41, 5.74) is 6.91. The Morgan fingerprint density at radius 1 is 0.863 bits per heavy atom. The molecule has 3 aromatic rings. The first-order valence-corrected chi connectivity index (χ1v) is 18.2. The fourth-order valence-electron chi connectivity index (χ4n) is 5.78. The second-order valence-corrected chi connectivity index (χ2v) is 14.7. The normalized spacial score (nSPS) is 16.9. The van der Waals surface area contributed by atoms with Gasteiger partial charge in [0.15, 0.2) is 6.04 Å². The summed E-state index contributed by atoms with van der Waals surface area (Å²) in [6, 6.07) is 15.5. The lowest BCUT2D eigenvalue weighted by Gasteiger charge is -2.35. The molecule has 5 rings (SSSR count). The zero-order chi connectivity index (χ0) is 37.4. The number of aliphatic carboxylic acids is 1. The first-order chi connectivity index (χ1) is 24.0. The third kappa shape index (κ3) is 11.1. The van der Waals surface area contributed by atoms with E-state index in [2.05, 4.69) is 4.72 Å². The Balaban J connectivity index is 0.000000755. The van der Waals surface area contributed by atoms with Crippen molar-refractivity contribution in [2.24, 2.45) is 11.7 Å². The Bertz CT molecular complexity index is 1710. The minimum absolute atomic E-state index is 0.144. The predicted molar refractivity (Wildman–Crippen MR) is 181 cm³/mol. The molecule has 1 aliphatic heterocycles. The highest BCUT2D eigenvalue weighted by atomic mass is 35.5. The van der Waals surface area contributed by atoms with Crippen molar-refractivity contribution in [3.05, 3.63) is 83.4 Å². The molecule has 1 unspecified atom stereocenters. The van der Waals surface area contributed by atoms with E-state index in [4.69, 9.17) is 32.0 Å². The van der Waals surface area contributed by atoms with Crippen molar-refractivity contribution in [3.63, 3.8) is 0 Å². The van der Waals surface area contributed by atoms with Crippen molar-refractivity contribution in [2.75, 3.05) is 19.7 Å². The van der Waals surface area contributed by atoms with E-state index in [1.165, 1.54) is 72.7 Å². The molecule has 1 atom stereocenters. The van der Waals surface area contributed by atoms with Crippen molar-refractivity contribution in [3.8, 4) is 16.9 Å². The summed E-state index contributed by atoms with van der Waals surface area (Å²) in [5.74, 6) is -6.66. The number of carbonyl (C=O) groups is 2. The quantitative estimate of drug-likeness (QED) is 0.190. The Hall–Kier alpha value is -3.79. The van der Waals surface area contributed by atoms with Crippen molar-refractivity contribution in [1.29, 1.82) is 0 Å². The number of amides is 1. The van der Waals surface area contributed by atoms with Crippen LogP contribution in [0.5, 0.6) is 5.75 Å². The van der Waals surface area contributed by atoms with Gasteiger partial charge in [0, 0.05) is 29.7 Å². The number of piperidine rings is 1. The van der Waals surface area contributed by atoms with Gasteiger partial charge in [-0.15, -0.1) is 0 Å². The maximum atomic E-state index is 16.2. The van der Waals surface area contributed by atoms with Crippen LogP contribution in [-0.4, -0.2) is 68.3 Å². The summed E-state index contributed by atoms with van der Waals surface area (Å²) in [6.45, 7) is 0.872. The van der Waals surface area contributed by atoms with E-state index in [-0.39, 0.29) is 24.0 Å². The van der Waals surface area contributed by atoms with Gasteiger partial charge in [0.25, 0.3) is 5.92 Å². The van der Waals surface area contributed by atoms with Crippen molar-refractivity contribution < 1.29 is 49.8 Å². The molecule has 16 heteroatoms. The molecular formula is C35H39ClF5N3O6S. The number of halogens is 6. The molecule has 1 saturated heterocycles. The molecule has 2 aliphatic rings. The average Bonchev–Trinajstić information content (AvgIpc) is 3.10. The molecule has 1 saturated carbocycles. The van der Waals surface area contributed by atoms with Crippen LogP contribution < -0.4 is 15.2 Å². The standard InChI is InChI=1S/C33H38ClF2N3O4S.C2HF3O2/c34-27-12-8-25(9-13-27)24-6-10-26(11-7-24)33(35,36)31(32(40)39-20-18-28(37)19-21-39)38-44(41,42)30-16-14-29(15-17-30)43-22-23-4-2-1-3-5-23;3-2(4,5)1(6)7/h6-17,23,28,31,38H,1-5,18-22,37H2;(H,6,7). The smallest absolute Gasteiger partial charge is 0.490 e. The summed E-state index contributed by atoms with van der Waals surface area (Å²) in [6.07, 6.45) is 1.60. The predicted octanol–water partition coefficient (Wildman–Crippen LogP) is 6.99. The number of hydrogen-bond donors (Lipinski definition) is 3. The fourth-order valence-corrected chi connectivity index (χ4v) is 7.10. The van der Waals surface area contributed by atoms with Crippen molar-refractivity contribution >= 4 is 33.5 Å². The Labute approximate surface area is 298 Å². The lowest BCUT2D eigenvalue weighted by molar-refractivity contribution is -0.192. The number of alkyl halides is 5. The van der Waals surface area contributed by atoms with E-state index in [9.17, 15) is 26.4 Å². The summed E-state index contributed by atoms with van der Waals surface area (Å²) in [7, 11) is -4.52. The van der Waals surface area contributed by atoms with Gasteiger partial charge in [-0.25, -0.2) is 13.2 Å². The van der Waals surface area contributed by atoms with Gasteiger partial charge in [-0.3, -0.25) is 4.79 Å². The summed E-state index contributed by atoms with van der Waals surface area (Å²) in [4.78, 5) is 23.5. The van der Waals surface area contributed by atoms with Crippen LogP contribution in [0.3, 0.4) is 0 Å². The third-order valence-corrected chi connectivity index (χ3v) is 10.5. The minimum atomic E-state index is -5.08. The average molecular weight is 760 g/mol. The van der Waals surface area contributed by atoms with E-state index in [1.54, 1.807) is 24.3 Å². The number of ether oxygens (including phenoxy) is 1. The minimum Gasteiger partial charge on any atom is -0.493 e. The monoisotopic (exact) mass is 759 g/mol. The second-order valence-electron chi connectivity index (χ2n) is 12.5. The number of likely N-dealkylation sites (tertiary alicyclic amines) is 1. The highest BCUT2D eigenvalue weighted by Crippen LogP contribution is 2.36. The summed E-state index contributed by atoms with van der Waals surface area (Å²) in [5, 5.41) is 7.67. The molecule has 3 aromatic carbocycles. The fraction of sp³-hybridized carbons (Fsp3) is 0.429. The Morgan fingerprint density at radius 3 is 1.88 bits per heavy atom. The molecule has 51 heavy (non-hydrogen) atoms. The van der Waals surface area contributed by atoms with Crippen LogP contribution in [0.4, 0.5) is 22.0 Å². The topological polar surface area (TPSA) is 139 Å². The first-order valence-electron chi connectivity index (χ1n) is 16.3. The number of nitrogens with one attached hydrogen (secondary N) is 1. The van der Waals surface area contributed by atoms with E-state index in [0.717, 1.165) is 18.4 Å². The van der Waals surface area contributed by atoms with Gasteiger partial charge in [-0.05, 0) is 79.1 Å². The van der Waals surface area contributed by atoms with E-state index >= 15 is 8.78 Å². The number of benzene rings is 3. The molecule has 0 bridgehead atoms. The number of carboxylic acids is 1. The number of nitrogens with zero attached hydrogens (tertiary/aromatic N) is 1. The van der Waals surface area contributed by atoms with Crippen LogP contribution in [0.25, 0.3) is 11.1 Å². The van der Waals surface area contributed by atoms with E-state index in [0.29, 0.717) is 41.7 Å². The molecule has 1 amide bonds. The van der Waals surface area contributed by atoms with Gasteiger partial charge in [0.05, 0.1) is 11.5 Å². The van der Waals surface area contributed by atoms with Crippen LogP contribution in [0.2, 0.25) is 5.02 Å². The zero-order valence-electron chi connectivity index (χ0n) is 27.4. The van der Waals surface area contributed by atoms with Gasteiger partial charge in [-0.1, -0.05) is 67.3 Å². The summed E-state index contributed by atoms with van der Waals surface area (Å²) >= 11 is 5.96. The maximum absolute atomic E-state index is 16.2. The molecule has 1 aliphatic carbocycles. The molecule has 278 valence electrons. The van der Waals surface area contributed by atoms with Gasteiger partial charge in [0.2, 0.25) is 15.9 Å². The van der Waals surface area contributed by atoms with Crippen LogP contribution in [0.15, 0.2) is 77.7 Å². The Kier molecular flexibility index (Phi) is 13.4. The lowest BCUT2D eigenvalue weighted by atomic mass is 9.90. The van der Waals surface area contributed by atoms with Crippen LogP contribution >= 0.6 is 11.6 Å². The molecule has 0 radical (unpaired) electrons. The first kappa shape index (κ1) is 40.0. The zero-order valence-corrected chi connectivity index (χ0v) is 29.0. The van der Waals surface area contributed by atoms with Gasteiger partial charge in [0.1, 0.15) is 5.75 Å². The van der Waals surface area contributed by atoms with E-state index < -0.39 is 45.6 Å². The van der Waals surface area contributed by atoms with Gasteiger partial charge >= 0.3 is 12.1 Å². The Morgan fingerprint density at radius 2 is 1.37 bits per heavy atom. The highest BCUT2D eigenvalue weighted by Gasteiger charge is 2.50. The molecule has 0 spiro atoms. The van der Waals surface area contributed by atoms with Crippen molar-refractivity contribution in [2.45, 2.75) is 74.0 Å². The number of nitrogens with two attached hydrogens (primary N) is 1. The largest absolute Gasteiger partial charge is 0.493 e. The highest BCUT2D eigenvalue weighted by molar-refractivity contribution is 7.89. The number of carbonyl (C=O) groups excluding carboxylic acids is 1. The van der Waals surface area contributed by atoms with Gasteiger partial charge in [-0.2, -0.15) is 26.7 Å². The van der Waals surface area contributed by atoms with E-state index in [1.807, 2.05) is 0 Å². The SMILES string of the molecule is NC1CCN(C(=O)C(NS(=O)(=O)c2ccc(OCC3CCCCC3)cc2)C(F)(F)c2ccc(-c3ccc(Cl)cc3)cc2)CC1.O=C(O)C(F)(F)F. The maximum Gasteiger partial charge on any atom is 0.490 e. The third-order valence-electron chi connectivity index (χ3n) is 8.77. The molecule has 4 N–H and O–H groups in total. The second kappa shape index (κ2) is 17.2. The van der Waals surface area contributed by atoms with Gasteiger partial charge < -0.3 is 20.5 Å². The van der Waals surface area contributed by atoms with Crippen LogP contribution in [0, 0.1) is 5.92 Å². The van der Waals surface area contributed by atoms with Crippen LogP contribution in [-0.2, 0) is 25.5 Å². The molecule has 2 fully saturated rings. The lowest BCUT2D eigenvalue weighted by Crippen LogP contribution is -2.57. The number of rotatable bonds is 10. The number of sulfonamides is 1. The van der Waals surface area contributed by atoms with Crippen molar-refractivity contribution in [1.82, 2.24) is 9.62 Å². The molecular weight excluding hydrogens is 721 g/mol. The molecule has 0 aromatic heterocycles. The molecule has 9 nitrogen and oxygen atoms in total. The van der Waals surface area contributed by atoms with Crippen LogP contribution in [0.1, 0.15) is 50.5 Å².